The largest absolute Gasteiger partial charge is 0.497 e. The molecule has 0 saturated heterocycles. The molecule has 0 bridgehead atoms. The number of nitrogens with zero attached hydrogens (tertiary/aromatic N) is 2. The number of aromatic nitrogens is 1. The summed E-state index contributed by atoms with van der Waals surface area (Å²) in [6.45, 7) is 1.18. The Morgan fingerprint density at radius 3 is 2.50 bits per heavy atom. The molecular weight excluding hydrogens is 320 g/mol. The number of hydrogen-bond acceptors (Lipinski definition) is 3. The summed E-state index contributed by atoms with van der Waals surface area (Å²) in [6.07, 6.45) is 2.00. The lowest BCUT2D eigenvalue weighted by Gasteiger charge is -2.23. The second kappa shape index (κ2) is 7.36. The van der Waals surface area contributed by atoms with Gasteiger partial charge in [-0.2, -0.15) is 0 Å². The van der Waals surface area contributed by atoms with Gasteiger partial charge in [-0.3, -0.25) is 4.79 Å². The Hall–Kier alpha value is -2.53. The molecule has 2 heterocycles. The minimum Gasteiger partial charge on any atom is -0.497 e. The van der Waals surface area contributed by atoms with Gasteiger partial charge < -0.3 is 14.2 Å². The van der Waals surface area contributed by atoms with Crippen molar-refractivity contribution in [2.45, 2.75) is 13.1 Å². The minimum absolute atomic E-state index is 0.0206. The van der Waals surface area contributed by atoms with Crippen LogP contribution in [0.15, 0.2) is 60.1 Å². The van der Waals surface area contributed by atoms with Gasteiger partial charge in [0, 0.05) is 29.4 Å². The second-order valence-electron chi connectivity index (χ2n) is 5.58. The number of thiophene rings is 1. The second-order valence-corrected chi connectivity index (χ2v) is 6.61. The highest BCUT2D eigenvalue weighted by atomic mass is 32.1. The van der Waals surface area contributed by atoms with E-state index >= 15 is 0 Å². The lowest BCUT2D eigenvalue weighted by Crippen LogP contribution is -2.30. The molecule has 0 aliphatic carbocycles. The SMILES string of the molecule is COc1ccc(C(=O)N(Cc2cccs2)Cc2cccn2C)cc1. The van der Waals surface area contributed by atoms with Crippen LogP contribution < -0.4 is 4.74 Å². The highest BCUT2D eigenvalue weighted by Gasteiger charge is 2.18. The minimum atomic E-state index is 0.0206. The quantitative estimate of drug-likeness (QED) is 0.681. The number of methoxy groups -OCH3 is 1. The fraction of sp³-hybridized carbons (Fsp3) is 0.211. The van der Waals surface area contributed by atoms with Crippen molar-refractivity contribution < 1.29 is 9.53 Å². The molecule has 1 aromatic carbocycles. The van der Waals surface area contributed by atoms with E-state index in [-0.39, 0.29) is 5.91 Å². The maximum Gasteiger partial charge on any atom is 0.254 e. The van der Waals surface area contributed by atoms with Crippen LogP contribution in [0.5, 0.6) is 5.75 Å². The van der Waals surface area contributed by atoms with Crippen molar-refractivity contribution in [2.24, 2.45) is 7.05 Å². The fourth-order valence-electron chi connectivity index (χ4n) is 2.56. The van der Waals surface area contributed by atoms with Crippen LogP contribution in [-0.2, 0) is 20.1 Å². The Balaban J connectivity index is 1.84. The molecule has 0 N–H and O–H groups in total. The van der Waals surface area contributed by atoms with E-state index in [0.717, 1.165) is 11.4 Å². The molecule has 0 aliphatic rings. The number of rotatable bonds is 6. The summed E-state index contributed by atoms with van der Waals surface area (Å²) < 4.78 is 7.21. The van der Waals surface area contributed by atoms with Gasteiger partial charge in [0.05, 0.1) is 20.2 Å². The zero-order chi connectivity index (χ0) is 16.9. The van der Waals surface area contributed by atoms with E-state index in [1.807, 2.05) is 70.6 Å². The van der Waals surface area contributed by atoms with Crippen molar-refractivity contribution in [1.29, 1.82) is 0 Å². The number of hydrogen-bond donors (Lipinski definition) is 0. The topological polar surface area (TPSA) is 34.5 Å². The van der Waals surface area contributed by atoms with Gasteiger partial charge in [-0.25, -0.2) is 0 Å². The van der Waals surface area contributed by atoms with Crippen LogP contribution >= 0.6 is 11.3 Å². The van der Waals surface area contributed by atoms with Crippen LogP contribution in [0.4, 0.5) is 0 Å². The zero-order valence-corrected chi connectivity index (χ0v) is 14.6. The molecule has 0 saturated carbocycles. The Kier molecular flexibility index (Phi) is 5.01. The highest BCUT2D eigenvalue weighted by molar-refractivity contribution is 7.09. The number of aryl methyl sites for hydroxylation is 1. The third kappa shape index (κ3) is 3.68. The predicted molar refractivity (Wildman–Crippen MR) is 96.3 cm³/mol. The number of ether oxygens (including phenoxy) is 1. The normalized spacial score (nSPS) is 10.6. The number of carbonyl (C=O) groups excluding carboxylic acids is 1. The first-order valence-electron chi connectivity index (χ1n) is 7.73. The number of benzene rings is 1. The summed E-state index contributed by atoms with van der Waals surface area (Å²) in [6, 6.07) is 15.4. The molecular formula is C19H20N2O2S. The molecule has 3 rings (SSSR count). The van der Waals surface area contributed by atoms with E-state index in [1.54, 1.807) is 18.4 Å². The summed E-state index contributed by atoms with van der Waals surface area (Å²) in [5.74, 6) is 0.769. The van der Waals surface area contributed by atoms with Crippen molar-refractivity contribution in [3.05, 3.63) is 76.2 Å². The van der Waals surface area contributed by atoms with Gasteiger partial charge in [0.1, 0.15) is 5.75 Å². The first-order valence-corrected chi connectivity index (χ1v) is 8.61. The molecule has 0 spiro atoms. The zero-order valence-electron chi connectivity index (χ0n) is 13.8. The molecule has 0 fully saturated rings. The van der Waals surface area contributed by atoms with E-state index in [9.17, 15) is 4.79 Å². The molecule has 3 aromatic rings. The Labute approximate surface area is 145 Å². The molecule has 124 valence electrons. The van der Waals surface area contributed by atoms with Crippen LogP contribution in [-0.4, -0.2) is 22.5 Å². The lowest BCUT2D eigenvalue weighted by molar-refractivity contribution is 0.0728. The van der Waals surface area contributed by atoms with Crippen LogP contribution in [0, 0.1) is 0 Å². The van der Waals surface area contributed by atoms with E-state index in [4.69, 9.17) is 4.74 Å². The van der Waals surface area contributed by atoms with Crippen molar-refractivity contribution in [3.63, 3.8) is 0 Å². The monoisotopic (exact) mass is 340 g/mol. The summed E-state index contributed by atoms with van der Waals surface area (Å²) in [4.78, 5) is 16.0. The van der Waals surface area contributed by atoms with Crippen molar-refractivity contribution in [2.75, 3.05) is 7.11 Å². The number of carbonyl (C=O) groups is 1. The van der Waals surface area contributed by atoms with Gasteiger partial charge in [-0.1, -0.05) is 6.07 Å². The fourth-order valence-corrected chi connectivity index (χ4v) is 3.28. The average Bonchev–Trinajstić information content (AvgIpc) is 3.26. The van der Waals surface area contributed by atoms with Gasteiger partial charge in [0.2, 0.25) is 0 Å². The molecule has 0 atom stereocenters. The molecule has 1 amide bonds. The van der Waals surface area contributed by atoms with Crippen LogP contribution in [0.1, 0.15) is 20.9 Å². The first-order chi connectivity index (χ1) is 11.7. The Bertz CT molecular complexity index is 791. The van der Waals surface area contributed by atoms with E-state index in [2.05, 4.69) is 6.07 Å². The predicted octanol–water partition coefficient (Wildman–Crippen LogP) is 3.94. The van der Waals surface area contributed by atoms with Gasteiger partial charge in [0.15, 0.2) is 0 Å². The van der Waals surface area contributed by atoms with Gasteiger partial charge >= 0.3 is 0 Å². The molecule has 5 heteroatoms. The molecule has 4 nitrogen and oxygen atoms in total. The van der Waals surface area contributed by atoms with E-state index in [1.165, 1.54) is 4.88 Å². The summed E-state index contributed by atoms with van der Waals surface area (Å²) in [7, 11) is 3.62. The maximum atomic E-state index is 13.0. The highest BCUT2D eigenvalue weighted by Crippen LogP contribution is 2.19. The summed E-state index contributed by atoms with van der Waals surface area (Å²) in [5, 5.41) is 2.04. The lowest BCUT2D eigenvalue weighted by atomic mass is 10.2. The third-order valence-corrected chi connectivity index (χ3v) is 4.82. The van der Waals surface area contributed by atoms with Crippen molar-refractivity contribution in [1.82, 2.24) is 9.47 Å². The van der Waals surface area contributed by atoms with Crippen LogP contribution in [0.25, 0.3) is 0 Å². The van der Waals surface area contributed by atoms with Crippen LogP contribution in [0.2, 0.25) is 0 Å². The van der Waals surface area contributed by atoms with Crippen LogP contribution in [0.3, 0.4) is 0 Å². The third-order valence-electron chi connectivity index (χ3n) is 3.96. The van der Waals surface area contributed by atoms with Gasteiger partial charge in [-0.15, -0.1) is 11.3 Å². The molecule has 2 aromatic heterocycles. The Morgan fingerprint density at radius 2 is 1.92 bits per heavy atom. The number of amides is 1. The average molecular weight is 340 g/mol. The molecule has 0 radical (unpaired) electrons. The van der Waals surface area contributed by atoms with E-state index in [0.29, 0.717) is 18.7 Å². The maximum absolute atomic E-state index is 13.0. The first kappa shape index (κ1) is 16.3. The molecule has 0 unspecified atom stereocenters. The summed E-state index contributed by atoms with van der Waals surface area (Å²) in [5.41, 5.74) is 1.77. The van der Waals surface area contributed by atoms with Crippen molar-refractivity contribution in [3.8, 4) is 5.75 Å². The van der Waals surface area contributed by atoms with Crippen molar-refractivity contribution >= 4 is 17.2 Å². The smallest absolute Gasteiger partial charge is 0.254 e. The Morgan fingerprint density at radius 1 is 1.12 bits per heavy atom. The molecule has 24 heavy (non-hydrogen) atoms. The summed E-state index contributed by atoms with van der Waals surface area (Å²) >= 11 is 1.67. The van der Waals surface area contributed by atoms with Gasteiger partial charge in [0.25, 0.3) is 5.91 Å². The molecule has 0 aliphatic heterocycles. The van der Waals surface area contributed by atoms with Gasteiger partial charge in [-0.05, 0) is 47.8 Å². The standard InChI is InChI=1S/C19H20N2O2S/c1-20-11-3-5-16(20)13-21(14-18-6-4-12-24-18)19(22)15-7-9-17(23-2)10-8-15/h3-12H,13-14H2,1-2H3. The van der Waals surface area contributed by atoms with E-state index < -0.39 is 0 Å².